The summed E-state index contributed by atoms with van der Waals surface area (Å²) in [5.74, 6) is -3.51. The average molecular weight is 525 g/mol. The van der Waals surface area contributed by atoms with E-state index >= 15 is 0 Å². The number of nitrogens with two attached hydrogens (primary N) is 5. The second-order valence-electron chi connectivity index (χ2n) is 8.02. The molecule has 3 atom stereocenters. The standard InChI is InChI=1S/C20H36N12O5/c21-12(7-11-8-26-10-30-11)16(35)31-14(4-2-6-28-20(24)25)18(37)32-13(3-1-5-27-19(22)23)17(36)29-9-15(33)34/h8,10,12-14H,1-7,9,21H2,(H,26,30)(H,29,36)(H,31,35)(H,32,37)(H,33,34)(H4,22,23,27)(H4,24,25,28). The number of nitrogens with zero attached hydrogens (tertiary/aromatic N) is 3. The Kier molecular flexibility index (Phi) is 13.5. The van der Waals surface area contributed by atoms with Gasteiger partial charge >= 0.3 is 5.97 Å². The first kappa shape index (κ1) is 30.6. The largest absolute Gasteiger partial charge is 0.480 e. The molecule has 1 heterocycles. The molecular weight excluding hydrogens is 488 g/mol. The van der Waals surface area contributed by atoms with Gasteiger partial charge in [0.15, 0.2) is 11.9 Å². The summed E-state index contributed by atoms with van der Waals surface area (Å²) in [6.45, 7) is -0.258. The van der Waals surface area contributed by atoms with Crippen molar-refractivity contribution < 1.29 is 24.3 Å². The summed E-state index contributed by atoms with van der Waals surface area (Å²) in [6, 6.07) is -3.18. The minimum absolute atomic E-state index is 0.0992. The number of aliphatic imine (C=N–C) groups is 2. The SMILES string of the molecule is NC(N)=NCCCC(NC(=O)C(N)Cc1cnc[nH]1)C(=O)NC(CCCN=C(N)N)C(=O)NCC(=O)O. The van der Waals surface area contributed by atoms with Crippen molar-refractivity contribution in [3.05, 3.63) is 18.2 Å². The number of carboxylic acid groups (broad SMARTS) is 1. The Balaban J connectivity index is 2.93. The van der Waals surface area contributed by atoms with E-state index < -0.39 is 48.4 Å². The Morgan fingerprint density at radius 2 is 1.46 bits per heavy atom. The first-order valence-corrected chi connectivity index (χ1v) is 11.4. The van der Waals surface area contributed by atoms with Gasteiger partial charge in [0.1, 0.15) is 18.6 Å². The van der Waals surface area contributed by atoms with Gasteiger partial charge in [0.05, 0.1) is 12.4 Å². The topological polar surface area (TPSA) is 308 Å². The van der Waals surface area contributed by atoms with Gasteiger partial charge in [0.2, 0.25) is 17.7 Å². The summed E-state index contributed by atoms with van der Waals surface area (Å²) in [7, 11) is 0. The van der Waals surface area contributed by atoms with Crippen LogP contribution in [0.1, 0.15) is 31.4 Å². The van der Waals surface area contributed by atoms with E-state index in [4.69, 9.17) is 33.8 Å². The molecule has 17 heteroatoms. The summed E-state index contributed by atoms with van der Waals surface area (Å²) in [5.41, 5.74) is 27.8. The van der Waals surface area contributed by atoms with Crippen LogP contribution in [-0.4, -0.2) is 88.4 Å². The normalized spacial score (nSPS) is 12.9. The van der Waals surface area contributed by atoms with Gasteiger partial charge in [-0.15, -0.1) is 0 Å². The van der Waals surface area contributed by atoms with Gasteiger partial charge in [-0.2, -0.15) is 0 Å². The van der Waals surface area contributed by atoms with Crippen LogP contribution in [0.2, 0.25) is 0 Å². The van der Waals surface area contributed by atoms with E-state index in [0.717, 1.165) is 0 Å². The van der Waals surface area contributed by atoms with Crippen LogP contribution in [0.15, 0.2) is 22.5 Å². The molecule has 0 aromatic carbocycles. The number of rotatable bonds is 17. The number of aromatic nitrogens is 2. The highest BCUT2D eigenvalue weighted by atomic mass is 16.4. The molecular formula is C20H36N12O5. The van der Waals surface area contributed by atoms with Crippen LogP contribution in [0.3, 0.4) is 0 Å². The molecule has 17 nitrogen and oxygen atoms in total. The number of carbonyl (C=O) groups excluding carboxylic acids is 3. The lowest BCUT2D eigenvalue weighted by Gasteiger charge is -2.24. The third kappa shape index (κ3) is 13.3. The lowest BCUT2D eigenvalue weighted by atomic mass is 10.1. The third-order valence-corrected chi connectivity index (χ3v) is 4.90. The Hall–Kier alpha value is -4.41. The average Bonchev–Trinajstić information content (AvgIpc) is 3.33. The van der Waals surface area contributed by atoms with Gasteiger partial charge < -0.3 is 54.7 Å². The molecule has 1 rings (SSSR count). The molecule has 0 saturated carbocycles. The summed E-state index contributed by atoms with van der Waals surface area (Å²) < 4.78 is 0. The Morgan fingerprint density at radius 3 is 1.95 bits per heavy atom. The second-order valence-corrected chi connectivity index (χ2v) is 8.02. The van der Waals surface area contributed by atoms with E-state index in [2.05, 4.69) is 35.9 Å². The van der Waals surface area contributed by atoms with E-state index in [0.29, 0.717) is 18.5 Å². The minimum atomic E-state index is -1.25. The fraction of sp³-hybridized carbons (Fsp3) is 0.550. The molecule has 1 aromatic heterocycles. The second kappa shape index (κ2) is 16.3. The summed E-state index contributed by atoms with van der Waals surface area (Å²) in [5, 5.41) is 16.2. The predicted octanol–water partition coefficient (Wildman–Crippen LogP) is -4.44. The maximum Gasteiger partial charge on any atom is 0.322 e. The highest BCUT2D eigenvalue weighted by Gasteiger charge is 2.28. The van der Waals surface area contributed by atoms with Crippen molar-refractivity contribution in [3.8, 4) is 0 Å². The number of hydrogen-bond acceptors (Lipinski definition) is 8. The number of guanidine groups is 2. The molecule has 0 aliphatic carbocycles. The van der Waals surface area contributed by atoms with Crippen LogP contribution in [-0.2, 0) is 25.6 Å². The molecule has 0 radical (unpaired) electrons. The van der Waals surface area contributed by atoms with Crippen molar-refractivity contribution in [3.63, 3.8) is 0 Å². The van der Waals surface area contributed by atoms with Gasteiger partial charge in [0, 0.05) is 31.4 Å². The Morgan fingerprint density at radius 1 is 0.919 bits per heavy atom. The Labute approximate surface area is 213 Å². The highest BCUT2D eigenvalue weighted by Crippen LogP contribution is 2.05. The maximum atomic E-state index is 13.1. The first-order valence-electron chi connectivity index (χ1n) is 11.4. The molecule has 15 N–H and O–H groups in total. The monoisotopic (exact) mass is 524 g/mol. The van der Waals surface area contributed by atoms with E-state index in [1.165, 1.54) is 12.5 Å². The molecule has 0 fully saturated rings. The van der Waals surface area contributed by atoms with Crippen LogP contribution in [0, 0.1) is 0 Å². The number of carbonyl (C=O) groups is 4. The molecule has 3 amide bonds. The van der Waals surface area contributed by atoms with Crippen LogP contribution in [0.5, 0.6) is 0 Å². The number of imidazole rings is 1. The maximum absolute atomic E-state index is 13.1. The van der Waals surface area contributed by atoms with E-state index in [1.807, 2.05) is 0 Å². The highest BCUT2D eigenvalue weighted by molar-refractivity contribution is 5.93. The van der Waals surface area contributed by atoms with Crippen molar-refractivity contribution in [1.82, 2.24) is 25.9 Å². The van der Waals surface area contributed by atoms with E-state index in [-0.39, 0.29) is 44.3 Å². The van der Waals surface area contributed by atoms with Crippen LogP contribution >= 0.6 is 0 Å². The number of nitrogens with one attached hydrogen (secondary N) is 4. The summed E-state index contributed by atoms with van der Waals surface area (Å²) >= 11 is 0. The van der Waals surface area contributed by atoms with Gasteiger partial charge in [0.25, 0.3) is 0 Å². The quantitative estimate of drug-likeness (QED) is 0.0526. The van der Waals surface area contributed by atoms with Crippen LogP contribution < -0.4 is 44.6 Å². The third-order valence-electron chi connectivity index (χ3n) is 4.90. The number of aromatic amines is 1. The van der Waals surface area contributed by atoms with Crippen molar-refractivity contribution in [2.45, 2.75) is 50.2 Å². The first-order chi connectivity index (χ1) is 17.5. The van der Waals surface area contributed by atoms with E-state index in [9.17, 15) is 19.2 Å². The molecule has 0 bridgehead atoms. The van der Waals surface area contributed by atoms with Crippen LogP contribution in [0.4, 0.5) is 0 Å². The fourth-order valence-electron chi connectivity index (χ4n) is 3.11. The zero-order chi connectivity index (χ0) is 27.8. The number of carboxylic acids is 1. The fourth-order valence-corrected chi connectivity index (χ4v) is 3.11. The van der Waals surface area contributed by atoms with Crippen molar-refractivity contribution >= 4 is 35.6 Å². The number of hydrogen-bond donors (Lipinski definition) is 10. The smallest absolute Gasteiger partial charge is 0.322 e. The lowest BCUT2D eigenvalue weighted by molar-refractivity contribution is -0.138. The molecule has 0 aliphatic rings. The lowest BCUT2D eigenvalue weighted by Crippen LogP contribution is -2.56. The molecule has 0 saturated heterocycles. The van der Waals surface area contributed by atoms with Crippen molar-refractivity contribution in [2.24, 2.45) is 38.7 Å². The van der Waals surface area contributed by atoms with Crippen molar-refractivity contribution in [1.29, 1.82) is 0 Å². The molecule has 3 unspecified atom stereocenters. The minimum Gasteiger partial charge on any atom is -0.480 e. The summed E-state index contributed by atoms with van der Waals surface area (Å²) in [4.78, 5) is 63.6. The molecule has 37 heavy (non-hydrogen) atoms. The van der Waals surface area contributed by atoms with E-state index in [1.54, 1.807) is 0 Å². The van der Waals surface area contributed by atoms with Gasteiger partial charge in [-0.3, -0.25) is 29.2 Å². The Bertz CT molecular complexity index is 942. The molecule has 0 aliphatic heterocycles. The zero-order valence-corrected chi connectivity index (χ0v) is 20.4. The van der Waals surface area contributed by atoms with Crippen LogP contribution in [0.25, 0.3) is 0 Å². The zero-order valence-electron chi connectivity index (χ0n) is 20.4. The van der Waals surface area contributed by atoms with Crippen molar-refractivity contribution in [2.75, 3.05) is 19.6 Å². The number of H-pyrrole nitrogens is 1. The number of amides is 3. The summed E-state index contributed by atoms with van der Waals surface area (Å²) in [6.07, 6.45) is 3.98. The molecule has 206 valence electrons. The van der Waals surface area contributed by atoms with Gasteiger partial charge in [-0.25, -0.2) is 4.98 Å². The molecule has 1 aromatic rings. The molecule has 0 spiro atoms. The number of aliphatic carboxylic acids is 1. The predicted molar refractivity (Wildman–Crippen MR) is 135 cm³/mol. The van der Waals surface area contributed by atoms with Gasteiger partial charge in [-0.1, -0.05) is 0 Å². The van der Waals surface area contributed by atoms with Gasteiger partial charge in [-0.05, 0) is 25.7 Å².